The van der Waals surface area contributed by atoms with Crippen molar-refractivity contribution in [1.82, 2.24) is 0 Å². The summed E-state index contributed by atoms with van der Waals surface area (Å²) in [7, 11) is -3.40. The molecule has 2 N–H and O–H groups in total. The van der Waals surface area contributed by atoms with Crippen LogP contribution in [0.4, 0.5) is 0 Å². The lowest BCUT2D eigenvalue weighted by Crippen LogP contribution is -2.15. The fourth-order valence-corrected chi connectivity index (χ4v) is 4.02. The van der Waals surface area contributed by atoms with Gasteiger partial charge in [-0.2, -0.15) is 0 Å². The van der Waals surface area contributed by atoms with Crippen molar-refractivity contribution in [2.75, 3.05) is 13.2 Å². The zero-order valence-electron chi connectivity index (χ0n) is 10.2. The Hall–Kier alpha value is 0.1000. The van der Waals surface area contributed by atoms with Gasteiger partial charge in [-0.05, 0) is 31.5 Å². The molecule has 0 saturated carbocycles. The van der Waals surface area contributed by atoms with E-state index in [2.05, 4.69) is 15.9 Å². The molecule has 0 spiro atoms. The van der Waals surface area contributed by atoms with E-state index in [4.69, 9.17) is 26.4 Å². The summed E-state index contributed by atoms with van der Waals surface area (Å²) in [5.41, 5.74) is 6.53. The summed E-state index contributed by atoms with van der Waals surface area (Å²) in [6, 6.07) is 5.18. The van der Waals surface area contributed by atoms with Gasteiger partial charge >= 0.3 is 7.60 Å². The van der Waals surface area contributed by atoms with Crippen LogP contribution >= 0.6 is 35.1 Å². The first kappa shape index (κ1) is 16.2. The molecule has 1 aromatic rings. The van der Waals surface area contributed by atoms with E-state index >= 15 is 0 Å². The summed E-state index contributed by atoms with van der Waals surface area (Å²) < 4.78 is 23.8. The van der Waals surface area contributed by atoms with Crippen molar-refractivity contribution in [3.63, 3.8) is 0 Å². The monoisotopic (exact) mass is 355 g/mol. The molecule has 7 heteroatoms. The molecule has 0 heterocycles. The Morgan fingerprint density at radius 1 is 1.39 bits per heavy atom. The predicted octanol–water partition coefficient (Wildman–Crippen LogP) is 4.33. The molecular weight excluding hydrogens is 340 g/mol. The van der Waals surface area contributed by atoms with Gasteiger partial charge < -0.3 is 14.8 Å². The average molecular weight is 357 g/mol. The molecule has 4 nitrogen and oxygen atoms in total. The van der Waals surface area contributed by atoms with Gasteiger partial charge in [0.15, 0.2) is 0 Å². The van der Waals surface area contributed by atoms with Gasteiger partial charge in [0, 0.05) is 9.50 Å². The Morgan fingerprint density at radius 2 is 1.94 bits per heavy atom. The highest BCUT2D eigenvalue weighted by atomic mass is 79.9. The number of rotatable bonds is 6. The van der Waals surface area contributed by atoms with Crippen LogP contribution in [0.1, 0.15) is 25.2 Å². The van der Waals surface area contributed by atoms with Crippen molar-refractivity contribution >= 4 is 35.1 Å². The summed E-state index contributed by atoms with van der Waals surface area (Å²) in [5, 5.41) is 0.427. The van der Waals surface area contributed by atoms with Gasteiger partial charge in [0.1, 0.15) is 5.78 Å². The van der Waals surface area contributed by atoms with Gasteiger partial charge in [-0.3, -0.25) is 4.57 Å². The molecule has 0 aliphatic rings. The number of benzene rings is 1. The molecule has 1 aromatic carbocycles. The molecule has 0 amide bonds. The largest absolute Gasteiger partial charge is 0.351 e. The van der Waals surface area contributed by atoms with Crippen LogP contribution in [0.25, 0.3) is 0 Å². The van der Waals surface area contributed by atoms with Crippen molar-refractivity contribution < 1.29 is 13.6 Å². The topological polar surface area (TPSA) is 61.5 Å². The van der Waals surface area contributed by atoms with Crippen molar-refractivity contribution in [2.24, 2.45) is 5.73 Å². The van der Waals surface area contributed by atoms with Crippen LogP contribution < -0.4 is 5.73 Å². The zero-order valence-corrected chi connectivity index (χ0v) is 13.5. The van der Waals surface area contributed by atoms with Gasteiger partial charge in [-0.1, -0.05) is 33.6 Å². The van der Waals surface area contributed by atoms with Gasteiger partial charge in [0.05, 0.1) is 13.2 Å². The normalized spacial score (nSPS) is 13.6. The predicted molar refractivity (Wildman–Crippen MR) is 76.9 cm³/mol. The second-order valence-corrected chi connectivity index (χ2v) is 6.96. The number of halogens is 2. The molecule has 0 aromatic heterocycles. The maximum atomic E-state index is 12.5. The maximum absolute atomic E-state index is 12.5. The second-order valence-electron chi connectivity index (χ2n) is 3.49. The first-order valence-electron chi connectivity index (χ1n) is 5.54. The van der Waals surface area contributed by atoms with Crippen LogP contribution in [-0.4, -0.2) is 13.2 Å². The minimum Gasteiger partial charge on any atom is -0.314 e. The smallest absolute Gasteiger partial charge is 0.314 e. The Morgan fingerprint density at radius 3 is 2.39 bits per heavy atom. The van der Waals surface area contributed by atoms with Crippen molar-refractivity contribution in [2.45, 2.75) is 19.6 Å². The molecule has 0 bridgehead atoms. The number of nitrogens with two attached hydrogens (primary N) is 1. The molecule has 0 aliphatic carbocycles. The second kappa shape index (κ2) is 7.04. The first-order valence-corrected chi connectivity index (χ1v) is 8.32. The van der Waals surface area contributed by atoms with Crippen molar-refractivity contribution in [1.29, 1.82) is 0 Å². The van der Waals surface area contributed by atoms with Gasteiger partial charge in [0.25, 0.3) is 0 Å². The molecule has 0 unspecified atom stereocenters. The van der Waals surface area contributed by atoms with Crippen molar-refractivity contribution in [3.05, 3.63) is 33.3 Å². The molecule has 1 atom stereocenters. The Balaban J connectivity index is 3.09. The Bertz CT molecular complexity index is 448. The fourth-order valence-electron chi connectivity index (χ4n) is 1.47. The summed E-state index contributed by atoms with van der Waals surface area (Å²) in [6.07, 6.45) is 0. The van der Waals surface area contributed by atoms with E-state index in [1.165, 1.54) is 0 Å². The highest BCUT2D eigenvalue weighted by Crippen LogP contribution is 2.59. The molecule has 18 heavy (non-hydrogen) atoms. The van der Waals surface area contributed by atoms with E-state index in [1.807, 2.05) is 0 Å². The molecule has 0 aliphatic heterocycles. The van der Waals surface area contributed by atoms with Crippen LogP contribution in [0.15, 0.2) is 22.7 Å². The highest BCUT2D eigenvalue weighted by Gasteiger charge is 2.35. The third kappa shape index (κ3) is 3.80. The summed E-state index contributed by atoms with van der Waals surface area (Å²) >= 11 is 9.39. The number of hydrogen-bond acceptors (Lipinski definition) is 4. The average Bonchev–Trinajstić information content (AvgIpc) is 2.29. The fraction of sp³-hybridized carbons (Fsp3) is 0.455. The lowest BCUT2D eigenvalue weighted by molar-refractivity contribution is 0.212. The summed E-state index contributed by atoms with van der Waals surface area (Å²) in [5.74, 6) is -0.891. The molecule has 0 saturated heterocycles. The molecular formula is C11H16BrClNO3P. The third-order valence-corrected chi connectivity index (χ3v) is 5.26. The van der Waals surface area contributed by atoms with Crippen molar-refractivity contribution in [3.8, 4) is 0 Å². The van der Waals surface area contributed by atoms with E-state index in [0.717, 1.165) is 4.47 Å². The Labute approximate surface area is 120 Å². The van der Waals surface area contributed by atoms with E-state index in [9.17, 15) is 4.57 Å². The molecule has 0 radical (unpaired) electrons. The standard InChI is InChI=1S/C11H16BrClNO3P/c1-3-16-18(15,17-4-2)11(14)9-6-5-8(12)7-10(9)13/h5-7,11H,3-4,14H2,1-2H3/t11-/m0/s1. The zero-order chi connectivity index (χ0) is 13.8. The van der Waals surface area contributed by atoms with Crippen LogP contribution in [0.3, 0.4) is 0 Å². The van der Waals surface area contributed by atoms with E-state index in [-0.39, 0.29) is 13.2 Å². The minimum atomic E-state index is -3.40. The van der Waals surface area contributed by atoms with Gasteiger partial charge in [-0.25, -0.2) is 0 Å². The van der Waals surface area contributed by atoms with E-state index < -0.39 is 13.4 Å². The first-order chi connectivity index (χ1) is 8.44. The van der Waals surface area contributed by atoms with Gasteiger partial charge in [0.2, 0.25) is 0 Å². The summed E-state index contributed by atoms with van der Waals surface area (Å²) in [4.78, 5) is 0. The summed E-state index contributed by atoms with van der Waals surface area (Å²) in [6.45, 7) is 4.00. The maximum Gasteiger partial charge on any atom is 0.351 e. The SMILES string of the molecule is CCOP(=O)(OCC)[C@H](N)c1ccc(Br)cc1Cl. The third-order valence-electron chi connectivity index (χ3n) is 2.24. The van der Waals surface area contributed by atoms with Crippen LogP contribution in [0.5, 0.6) is 0 Å². The molecule has 102 valence electrons. The quantitative estimate of drug-likeness (QED) is 0.771. The van der Waals surface area contributed by atoms with E-state index in [0.29, 0.717) is 10.6 Å². The molecule has 1 rings (SSSR count). The highest BCUT2D eigenvalue weighted by molar-refractivity contribution is 9.10. The molecule has 0 fully saturated rings. The van der Waals surface area contributed by atoms with Crippen LogP contribution in [-0.2, 0) is 13.6 Å². The lowest BCUT2D eigenvalue weighted by Gasteiger charge is -2.24. The van der Waals surface area contributed by atoms with E-state index in [1.54, 1.807) is 32.0 Å². The number of hydrogen-bond donors (Lipinski definition) is 1. The Kier molecular flexibility index (Phi) is 6.31. The van der Waals surface area contributed by atoms with Gasteiger partial charge in [-0.15, -0.1) is 0 Å². The van der Waals surface area contributed by atoms with Crippen LogP contribution in [0.2, 0.25) is 5.02 Å². The lowest BCUT2D eigenvalue weighted by atomic mass is 10.2. The van der Waals surface area contributed by atoms with Crippen LogP contribution in [0, 0.1) is 0 Å². The minimum absolute atomic E-state index is 0.263.